The summed E-state index contributed by atoms with van der Waals surface area (Å²) in [5, 5.41) is 0. The monoisotopic (exact) mass is 388 g/mol. The van der Waals surface area contributed by atoms with E-state index in [1.165, 1.54) is 26.8 Å². The predicted octanol–water partition coefficient (Wildman–Crippen LogP) is 3.31. The van der Waals surface area contributed by atoms with E-state index in [1.807, 2.05) is 0 Å². The van der Waals surface area contributed by atoms with Crippen LogP contribution in [0.5, 0.6) is 0 Å². The van der Waals surface area contributed by atoms with E-state index in [4.69, 9.17) is 13.3 Å². The fourth-order valence-corrected chi connectivity index (χ4v) is 4.44. The smallest absolute Gasteiger partial charge is 0.455 e. The molecule has 0 unspecified atom stereocenters. The van der Waals surface area contributed by atoms with E-state index < -0.39 is 38.3 Å². The molecular formula is C17H22F2O6Si. The van der Waals surface area contributed by atoms with Crippen LogP contribution in [0, 0.1) is 11.6 Å². The van der Waals surface area contributed by atoms with Gasteiger partial charge in [-0.05, 0) is 18.1 Å². The van der Waals surface area contributed by atoms with Crippen molar-refractivity contribution in [3.63, 3.8) is 0 Å². The van der Waals surface area contributed by atoms with Crippen molar-refractivity contribution in [3.05, 3.63) is 35.4 Å². The molecule has 9 heteroatoms. The number of carbonyl (C=O) groups excluding carboxylic acids is 3. The average Bonchev–Trinajstić information content (AvgIpc) is 2.60. The summed E-state index contributed by atoms with van der Waals surface area (Å²) in [7, 11) is -4.08. The average molecular weight is 388 g/mol. The molecule has 0 amide bonds. The Bertz CT molecular complexity index is 619. The van der Waals surface area contributed by atoms with E-state index in [0.717, 1.165) is 6.07 Å². The van der Waals surface area contributed by atoms with Crippen molar-refractivity contribution in [2.45, 2.75) is 52.5 Å². The zero-order valence-corrected chi connectivity index (χ0v) is 16.0. The number of hydrogen-bond donors (Lipinski definition) is 0. The molecule has 1 rings (SSSR count). The second kappa shape index (κ2) is 10.0. The summed E-state index contributed by atoms with van der Waals surface area (Å²) in [6, 6.07) is 2.83. The standard InChI is InChI=1S/C17H22F2O6Si/c1-4-15(20)23-26(24-16(21)5-2,25-17(22)6-3)10-9-12-7-8-13(18)11-14(12)19/h7-8,11H,4-6,9-10H2,1-3H3. The third-order valence-corrected chi connectivity index (χ3v) is 5.87. The molecule has 0 saturated heterocycles. The van der Waals surface area contributed by atoms with Crippen molar-refractivity contribution in [3.8, 4) is 0 Å². The number of carbonyl (C=O) groups is 3. The number of halogens is 2. The van der Waals surface area contributed by atoms with Crippen molar-refractivity contribution < 1.29 is 36.4 Å². The van der Waals surface area contributed by atoms with Gasteiger partial charge in [-0.15, -0.1) is 0 Å². The molecule has 0 aliphatic carbocycles. The molecule has 144 valence electrons. The first kappa shape index (κ1) is 21.7. The zero-order valence-electron chi connectivity index (χ0n) is 15.0. The van der Waals surface area contributed by atoms with Crippen molar-refractivity contribution >= 4 is 26.7 Å². The third-order valence-electron chi connectivity index (χ3n) is 3.39. The highest BCUT2D eigenvalue weighted by Gasteiger charge is 2.52. The normalized spacial score (nSPS) is 11.0. The first-order valence-corrected chi connectivity index (χ1v) is 10.3. The Morgan fingerprint density at radius 1 is 0.885 bits per heavy atom. The molecule has 0 bridgehead atoms. The summed E-state index contributed by atoms with van der Waals surface area (Å²) < 4.78 is 42.6. The van der Waals surface area contributed by atoms with Gasteiger partial charge in [0.05, 0.1) is 6.04 Å². The van der Waals surface area contributed by atoms with Crippen LogP contribution in [-0.2, 0) is 34.1 Å². The molecule has 0 spiro atoms. The highest BCUT2D eigenvalue weighted by Crippen LogP contribution is 2.23. The van der Waals surface area contributed by atoms with Gasteiger partial charge in [-0.1, -0.05) is 26.8 Å². The SMILES string of the molecule is CCC(=O)O[Si](CCc1ccc(F)cc1F)(OC(=O)CC)OC(=O)CC. The van der Waals surface area contributed by atoms with E-state index in [-0.39, 0.29) is 37.3 Å². The third kappa shape index (κ3) is 6.55. The summed E-state index contributed by atoms with van der Waals surface area (Å²) in [6.07, 6.45) is -0.129. The van der Waals surface area contributed by atoms with Crippen molar-refractivity contribution in [1.82, 2.24) is 0 Å². The molecule has 6 nitrogen and oxygen atoms in total. The van der Waals surface area contributed by atoms with E-state index in [1.54, 1.807) is 0 Å². The maximum absolute atomic E-state index is 13.9. The molecule has 26 heavy (non-hydrogen) atoms. The van der Waals surface area contributed by atoms with Crippen LogP contribution in [-0.4, -0.2) is 26.7 Å². The van der Waals surface area contributed by atoms with Crippen molar-refractivity contribution in [2.75, 3.05) is 0 Å². The minimum atomic E-state index is -4.08. The minimum absolute atomic E-state index is 0.0208. The first-order valence-electron chi connectivity index (χ1n) is 8.34. The van der Waals surface area contributed by atoms with Crippen LogP contribution in [0.1, 0.15) is 45.6 Å². The van der Waals surface area contributed by atoms with Crippen LogP contribution in [0.4, 0.5) is 8.78 Å². The van der Waals surface area contributed by atoms with Gasteiger partial charge in [0.25, 0.3) is 17.9 Å². The largest absolute Gasteiger partial charge is 0.705 e. The lowest BCUT2D eigenvalue weighted by Crippen LogP contribution is -2.50. The Balaban J connectivity index is 3.13. The van der Waals surface area contributed by atoms with Crippen molar-refractivity contribution in [2.24, 2.45) is 0 Å². The molecule has 1 aromatic carbocycles. The van der Waals surface area contributed by atoms with Gasteiger partial charge in [-0.25, -0.2) is 8.78 Å². The Morgan fingerprint density at radius 3 is 1.73 bits per heavy atom. The van der Waals surface area contributed by atoms with E-state index in [9.17, 15) is 23.2 Å². The van der Waals surface area contributed by atoms with Gasteiger partial charge in [0.15, 0.2) is 0 Å². The first-order chi connectivity index (χ1) is 12.2. The lowest BCUT2D eigenvalue weighted by Gasteiger charge is -2.27. The number of benzene rings is 1. The van der Waals surface area contributed by atoms with Crippen molar-refractivity contribution in [1.29, 1.82) is 0 Å². The number of rotatable bonds is 9. The molecule has 0 saturated carbocycles. The second-order valence-electron chi connectivity index (χ2n) is 5.40. The second-order valence-corrected chi connectivity index (χ2v) is 7.88. The van der Waals surface area contributed by atoms with E-state index in [2.05, 4.69) is 0 Å². The van der Waals surface area contributed by atoms with Gasteiger partial charge in [0, 0.05) is 25.3 Å². The molecule has 0 aromatic heterocycles. The van der Waals surface area contributed by atoms with Gasteiger partial charge < -0.3 is 13.3 Å². The van der Waals surface area contributed by atoms with Crippen LogP contribution >= 0.6 is 0 Å². The van der Waals surface area contributed by atoms with Crippen LogP contribution < -0.4 is 0 Å². The Labute approximate surface area is 151 Å². The molecule has 0 aliphatic rings. The van der Waals surface area contributed by atoms with Gasteiger partial charge in [0.2, 0.25) is 0 Å². The zero-order chi connectivity index (χ0) is 19.7. The maximum atomic E-state index is 13.9. The maximum Gasteiger partial charge on any atom is 0.705 e. The Morgan fingerprint density at radius 2 is 1.35 bits per heavy atom. The molecule has 0 heterocycles. The molecule has 0 fully saturated rings. The lowest BCUT2D eigenvalue weighted by atomic mass is 10.1. The number of hydrogen-bond acceptors (Lipinski definition) is 6. The molecular weight excluding hydrogens is 366 g/mol. The lowest BCUT2D eigenvalue weighted by molar-refractivity contribution is -0.150. The van der Waals surface area contributed by atoms with Crippen LogP contribution in [0.3, 0.4) is 0 Å². The summed E-state index contributed by atoms with van der Waals surface area (Å²) in [5.41, 5.74) is 0.121. The van der Waals surface area contributed by atoms with Crippen LogP contribution in [0.2, 0.25) is 6.04 Å². The molecule has 1 aromatic rings. The summed E-state index contributed by atoms with van der Waals surface area (Å²) >= 11 is 0. The molecule has 0 radical (unpaired) electrons. The summed E-state index contributed by atoms with van der Waals surface area (Å²) in [5.74, 6) is -3.64. The topological polar surface area (TPSA) is 78.9 Å². The fraction of sp³-hybridized carbons (Fsp3) is 0.471. The molecule has 0 N–H and O–H groups in total. The van der Waals surface area contributed by atoms with E-state index >= 15 is 0 Å². The summed E-state index contributed by atoms with van der Waals surface area (Å²) in [4.78, 5) is 35.4. The molecule has 0 aliphatic heterocycles. The Kier molecular flexibility index (Phi) is 8.37. The van der Waals surface area contributed by atoms with Gasteiger partial charge in [-0.2, -0.15) is 0 Å². The number of aryl methyl sites for hydroxylation is 1. The van der Waals surface area contributed by atoms with Crippen LogP contribution in [0.15, 0.2) is 18.2 Å². The highest BCUT2D eigenvalue weighted by molar-refractivity contribution is 6.65. The highest BCUT2D eigenvalue weighted by atomic mass is 28.4. The quantitative estimate of drug-likeness (QED) is 0.604. The van der Waals surface area contributed by atoms with Gasteiger partial charge in [-0.3, -0.25) is 14.4 Å². The van der Waals surface area contributed by atoms with Gasteiger partial charge >= 0.3 is 8.80 Å². The Hall–Kier alpha value is -2.29. The van der Waals surface area contributed by atoms with Gasteiger partial charge in [0.1, 0.15) is 11.6 Å². The molecule has 0 atom stereocenters. The predicted molar refractivity (Wildman–Crippen MR) is 89.8 cm³/mol. The fourth-order valence-electron chi connectivity index (χ4n) is 1.96. The van der Waals surface area contributed by atoms with E-state index in [0.29, 0.717) is 6.07 Å². The summed E-state index contributed by atoms with van der Waals surface area (Å²) in [6.45, 7) is 4.60. The van der Waals surface area contributed by atoms with Crippen LogP contribution in [0.25, 0.3) is 0 Å². The minimum Gasteiger partial charge on any atom is -0.455 e.